The van der Waals surface area contributed by atoms with E-state index >= 15 is 0 Å². The predicted molar refractivity (Wildman–Crippen MR) is 63.5 cm³/mol. The van der Waals surface area contributed by atoms with Crippen LogP contribution in [-0.4, -0.2) is 12.6 Å². The van der Waals surface area contributed by atoms with Crippen LogP contribution >= 0.6 is 0 Å². The second kappa shape index (κ2) is 6.44. The standard InChI is InChI=1S/C13H27N/c1-4-5-12(3)10-14-13-8-6-11(2)7-9-13/h11-14H,4-10H2,1-3H3. The summed E-state index contributed by atoms with van der Waals surface area (Å²) in [4.78, 5) is 0. The Morgan fingerprint density at radius 2 is 1.86 bits per heavy atom. The average Bonchev–Trinajstić information content (AvgIpc) is 2.17. The van der Waals surface area contributed by atoms with Crippen LogP contribution in [0, 0.1) is 11.8 Å². The number of hydrogen-bond donors (Lipinski definition) is 1. The Hall–Kier alpha value is -0.0400. The van der Waals surface area contributed by atoms with E-state index in [2.05, 4.69) is 26.1 Å². The van der Waals surface area contributed by atoms with Gasteiger partial charge in [-0.3, -0.25) is 0 Å². The minimum Gasteiger partial charge on any atom is -0.314 e. The SMILES string of the molecule is CCCC(C)CNC1CCC(C)CC1. The van der Waals surface area contributed by atoms with Gasteiger partial charge in [-0.25, -0.2) is 0 Å². The van der Waals surface area contributed by atoms with Crippen molar-refractivity contribution in [3.05, 3.63) is 0 Å². The van der Waals surface area contributed by atoms with E-state index in [-0.39, 0.29) is 0 Å². The monoisotopic (exact) mass is 197 g/mol. The first-order chi connectivity index (χ1) is 6.72. The number of hydrogen-bond acceptors (Lipinski definition) is 1. The molecule has 0 aromatic rings. The van der Waals surface area contributed by atoms with Gasteiger partial charge in [0.05, 0.1) is 0 Å². The lowest BCUT2D eigenvalue weighted by Gasteiger charge is -2.28. The van der Waals surface area contributed by atoms with E-state index in [1.165, 1.54) is 45.1 Å². The normalized spacial score (nSPS) is 30.2. The first-order valence-electron chi connectivity index (χ1n) is 6.45. The van der Waals surface area contributed by atoms with Crippen molar-refractivity contribution in [1.82, 2.24) is 5.32 Å². The molecule has 1 heteroatoms. The Morgan fingerprint density at radius 1 is 1.21 bits per heavy atom. The second-order valence-electron chi connectivity index (χ2n) is 5.26. The maximum absolute atomic E-state index is 3.73. The van der Waals surface area contributed by atoms with E-state index in [4.69, 9.17) is 0 Å². The quantitative estimate of drug-likeness (QED) is 0.710. The van der Waals surface area contributed by atoms with Crippen LogP contribution in [0.25, 0.3) is 0 Å². The molecule has 1 aliphatic carbocycles. The van der Waals surface area contributed by atoms with Crippen molar-refractivity contribution in [2.45, 2.75) is 65.3 Å². The van der Waals surface area contributed by atoms with Gasteiger partial charge >= 0.3 is 0 Å². The zero-order valence-corrected chi connectivity index (χ0v) is 10.2. The topological polar surface area (TPSA) is 12.0 Å². The molecular formula is C13H27N. The number of nitrogens with one attached hydrogen (secondary N) is 1. The van der Waals surface area contributed by atoms with Crippen LogP contribution in [0.15, 0.2) is 0 Å². The highest BCUT2D eigenvalue weighted by atomic mass is 14.9. The van der Waals surface area contributed by atoms with Gasteiger partial charge < -0.3 is 5.32 Å². The Morgan fingerprint density at radius 3 is 2.43 bits per heavy atom. The van der Waals surface area contributed by atoms with E-state index in [1.54, 1.807) is 0 Å². The van der Waals surface area contributed by atoms with Gasteiger partial charge in [0.2, 0.25) is 0 Å². The summed E-state index contributed by atoms with van der Waals surface area (Å²) in [5, 5.41) is 3.73. The Balaban J connectivity index is 2.06. The van der Waals surface area contributed by atoms with Crippen molar-refractivity contribution in [2.24, 2.45) is 11.8 Å². The first kappa shape index (κ1) is 12.0. The van der Waals surface area contributed by atoms with E-state index in [0.29, 0.717) is 0 Å². The summed E-state index contributed by atoms with van der Waals surface area (Å²) in [6, 6.07) is 0.825. The zero-order valence-electron chi connectivity index (χ0n) is 10.2. The molecule has 1 nitrogen and oxygen atoms in total. The molecule has 0 bridgehead atoms. The van der Waals surface area contributed by atoms with Gasteiger partial charge in [0.15, 0.2) is 0 Å². The molecule has 1 aliphatic rings. The smallest absolute Gasteiger partial charge is 0.00673 e. The lowest BCUT2D eigenvalue weighted by Crippen LogP contribution is -2.35. The molecule has 0 spiro atoms. The molecule has 0 aromatic heterocycles. The third-order valence-corrected chi connectivity index (χ3v) is 3.55. The summed E-state index contributed by atoms with van der Waals surface area (Å²) in [5.41, 5.74) is 0. The van der Waals surface area contributed by atoms with E-state index in [1.807, 2.05) is 0 Å². The summed E-state index contributed by atoms with van der Waals surface area (Å²) >= 11 is 0. The predicted octanol–water partition coefficient (Wildman–Crippen LogP) is 3.59. The van der Waals surface area contributed by atoms with Gasteiger partial charge in [-0.05, 0) is 50.5 Å². The maximum Gasteiger partial charge on any atom is 0.00673 e. The first-order valence-corrected chi connectivity index (χ1v) is 6.45. The lowest BCUT2D eigenvalue weighted by molar-refractivity contribution is 0.295. The summed E-state index contributed by atoms with van der Waals surface area (Å²) in [6.07, 6.45) is 8.36. The largest absolute Gasteiger partial charge is 0.314 e. The average molecular weight is 197 g/mol. The Kier molecular flexibility index (Phi) is 5.54. The van der Waals surface area contributed by atoms with Gasteiger partial charge in [-0.15, -0.1) is 0 Å². The summed E-state index contributed by atoms with van der Waals surface area (Å²) in [5.74, 6) is 1.83. The molecule has 0 heterocycles. The Bertz CT molecular complexity index is 136. The van der Waals surface area contributed by atoms with E-state index in [0.717, 1.165) is 17.9 Å². The highest BCUT2D eigenvalue weighted by Crippen LogP contribution is 2.23. The minimum atomic E-state index is 0.825. The van der Waals surface area contributed by atoms with E-state index in [9.17, 15) is 0 Å². The minimum absolute atomic E-state index is 0.825. The molecule has 1 N–H and O–H groups in total. The van der Waals surface area contributed by atoms with Crippen LogP contribution in [0.2, 0.25) is 0 Å². The van der Waals surface area contributed by atoms with Gasteiger partial charge in [-0.2, -0.15) is 0 Å². The molecule has 0 saturated heterocycles. The van der Waals surface area contributed by atoms with Gasteiger partial charge in [-0.1, -0.05) is 27.2 Å². The van der Waals surface area contributed by atoms with Crippen LogP contribution in [-0.2, 0) is 0 Å². The molecule has 1 atom stereocenters. The van der Waals surface area contributed by atoms with Gasteiger partial charge in [0.1, 0.15) is 0 Å². The van der Waals surface area contributed by atoms with Crippen LogP contribution in [0.5, 0.6) is 0 Å². The van der Waals surface area contributed by atoms with Crippen LogP contribution in [0.1, 0.15) is 59.3 Å². The van der Waals surface area contributed by atoms with Crippen molar-refractivity contribution in [3.8, 4) is 0 Å². The molecule has 1 fully saturated rings. The van der Waals surface area contributed by atoms with Crippen LogP contribution in [0.4, 0.5) is 0 Å². The number of rotatable bonds is 5. The van der Waals surface area contributed by atoms with Crippen molar-refractivity contribution < 1.29 is 0 Å². The molecule has 1 rings (SSSR count). The molecule has 84 valence electrons. The summed E-state index contributed by atoms with van der Waals surface area (Å²) in [7, 11) is 0. The van der Waals surface area contributed by atoms with Crippen LogP contribution in [0.3, 0.4) is 0 Å². The third-order valence-electron chi connectivity index (χ3n) is 3.55. The molecule has 0 aromatic carbocycles. The molecule has 14 heavy (non-hydrogen) atoms. The van der Waals surface area contributed by atoms with E-state index < -0.39 is 0 Å². The molecule has 1 unspecified atom stereocenters. The molecular weight excluding hydrogens is 170 g/mol. The summed E-state index contributed by atoms with van der Waals surface area (Å²) in [6.45, 7) is 8.25. The fourth-order valence-corrected chi connectivity index (χ4v) is 2.43. The maximum atomic E-state index is 3.73. The lowest BCUT2D eigenvalue weighted by atomic mass is 9.87. The Labute approximate surface area is 89.7 Å². The summed E-state index contributed by atoms with van der Waals surface area (Å²) < 4.78 is 0. The van der Waals surface area contributed by atoms with Gasteiger partial charge in [0, 0.05) is 6.04 Å². The molecule has 1 saturated carbocycles. The molecule has 0 aliphatic heterocycles. The highest BCUT2D eigenvalue weighted by Gasteiger charge is 2.17. The van der Waals surface area contributed by atoms with Crippen molar-refractivity contribution in [3.63, 3.8) is 0 Å². The van der Waals surface area contributed by atoms with Crippen molar-refractivity contribution in [1.29, 1.82) is 0 Å². The highest BCUT2D eigenvalue weighted by molar-refractivity contribution is 4.75. The zero-order chi connectivity index (χ0) is 10.4. The van der Waals surface area contributed by atoms with Crippen molar-refractivity contribution >= 4 is 0 Å². The molecule has 0 radical (unpaired) electrons. The fourth-order valence-electron chi connectivity index (χ4n) is 2.43. The van der Waals surface area contributed by atoms with Crippen molar-refractivity contribution in [2.75, 3.05) is 6.54 Å². The van der Waals surface area contributed by atoms with Gasteiger partial charge in [0.25, 0.3) is 0 Å². The van der Waals surface area contributed by atoms with Crippen LogP contribution < -0.4 is 5.32 Å². The fraction of sp³-hybridized carbons (Fsp3) is 1.00. The molecule has 0 amide bonds. The second-order valence-corrected chi connectivity index (χ2v) is 5.26. The third kappa shape index (κ3) is 4.45.